The minimum atomic E-state index is -0.471. The highest BCUT2D eigenvalue weighted by atomic mass is 16.6. The van der Waals surface area contributed by atoms with Crippen LogP contribution < -0.4 is 0 Å². The first kappa shape index (κ1) is 11.7. The second-order valence-electron chi connectivity index (χ2n) is 4.63. The zero-order valence-electron chi connectivity index (χ0n) is 9.63. The van der Waals surface area contributed by atoms with E-state index in [1.54, 1.807) is 37.8 Å². The van der Waals surface area contributed by atoms with Crippen molar-refractivity contribution in [1.29, 1.82) is 0 Å². The molecule has 2 fully saturated rings. The first-order valence-electron chi connectivity index (χ1n) is 5.92. The zero-order valence-corrected chi connectivity index (χ0v) is 9.63. The smallest absolute Gasteiger partial charge is 0.258 e. The van der Waals surface area contributed by atoms with E-state index in [0.717, 1.165) is 0 Å². The molecule has 1 aromatic rings. The molecule has 88 valence electrons. The number of terminal acetylenes is 1. The molecule has 0 atom stereocenters. The van der Waals surface area contributed by atoms with Crippen LogP contribution in [0.1, 0.15) is 31.2 Å². The van der Waals surface area contributed by atoms with Crippen LogP contribution in [0.4, 0.5) is 5.69 Å². The largest absolute Gasteiger partial charge is 0.270 e. The molecule has 3 rings (SSSR count). The van der Waals surface area contributed by atoms with E-state index >= 15 is 0 Å². The SMILES string of the molecule is C#Cc1cccc([N+](=O)[O-])c1.C1CC2CCC12. The van der Waals surface area contributed by atoms with E-state index in [4.69, 9.17) is 6.42 Å². The molecule has 0 heterocycles. The average molecular weight is 229 g/mol. The number of nitro benzene ring substituents is 1. The fraction of sp³-hybridized carbons (Fsp3) is 0.429. The summed E-state index contributed by atoms with van der Waals surface area (Å²) in [5.74, 6) is 4.74. The first-order chi connectivity index (χ1) is 8.20. The molecule has 0 N–H and O–H groups in total. The number of nitrogens with zero attached hydrogens (tertiary/aromatic N) is 1. The van der Waals surface area contributed by atoms with Crippen LogP contribution in [0.3, 0.4) is 0 Å². The lowest BCUT2D eigenvalue weighted by molar-refractivity contribution is -0.384. The summed E-state index contributed by atoms with van der Waals surface area (Å²) < 4.78 is 0. The van der Waals surface area contributed by atoms with Gasteiger partial charge in [-0.1, -0.05) is 12.0 Å². The van der Waals surface area contributed by atoms with Gasteiger partial charge in [0.1, 0.15) is 0 Å². The molecule has 17 heavy (non-hydrogen) atoms. The van der Waals surface area contributed by atoms with Crippen LogP contribution in [0.15, 0.2) is 24.3 Å². The van der Waals surface area contributed by atoms with Crippen molar-refractivity contribution in [1.82, 2.24) is 0 Å². The Balaban J connectivity index is 0.000000148. The van der Waals surface area contributed by atoms with E-state index < -0.39 is 4.92 Å². The van der Waals surface area contributed by atoms with Crippen LogP contribution in [-0.4, -0.2) is 4.92 Å². The van der Waals surface area contributed by atoms with Crippen LogP contribution in [0.5, 0.6) is 0 Å². The molecule has 0 aromatic heterocycles. The van der Waals surface area contributed by atoms with Crippen LogP contribution in [0.25, 0.3) is 0 Å². The van der Waals surface area contributed by atoms with Gasteiger partial charge < -0.3 is 0 Å². The van der Waals surface area contributed by atoms with E-state index in [-0.39, 0.29) is 5.69 Å². The van der Waals surface area contributed by atoms with Gasteiger partial charge in [-0.05, 0) is 43.6 Å². The summed E-state index contributed by atoms with van der Waals surface area (Å²) in [4.78, 5) is 9.73. The molecule has 0 aliphatic heterocycles. The van der Waals surface area contributed by atoms with Crippen molar-refractivity contribution < 1.29 is 4.92 Å². The number of rotatable bonds is 1. The highest BCUT2D eigenvalue weighted by Crippen LogP contribution is 2.49. The van der Waals surface area contributed by atoms with Gasteiger partial charge >= 0.3 is 0 Å². The summed E-state index contributed by atoms with van der Waals surface area (Å²) in [5.41, 5.74) is 0.555. The fourth-order valence-corrected chi connectivity index (χ4v) is 2.27. The summed E-state index contributed by atoms with van der Waals surface area (Å²) in [6, 6.07) is 5.97. The van der Waals surface area contributed by atoms with E-state index in [1.807, 2.05) is 0 Å². The number of hydrogen-bond donors (Lipinski definition) is 0. The summed E-state index contributed by atoms with van der Waals surface area (Å²) in [5, 5.41) is 10.2. The third kappa shape index (κ3) is 2.65. The Morgan fingerprint density at radius 3 is 2.18 bits per heavy atom. The molecule has 2 aliphatic carbocycles. The lowest BCUT2D eigenvalue weighted by atomic mass is 9.60. The van der Waals surface area contributed by atoms with Crippen molar-refractivity contribution in [3.05, 3.63) is 39.9 Å². The van der Waals surface area contributed by atoms with E-state index in [0.29, 0.717) is 5.56 Å². The van der Waals surface area contributed by atoms with Crippen molar-refractivity contribution in [3.8, 4) is 12.3 Å². The maximum atomic E-state index is 10.2. The molecule has 0 bridgehead atoms. The molecule has 3 nitrogen and oxygen atoms in total. The van der Waals surface area contributed by atoms with E-state index in [9.17, 15) is 10.1 Å². The second kappa shape index (κ2) is 5.01. The molecule has 2 saturated carbocycles. The summed E-state index contributed by atoms with van der Waals surface area (Å²) >= 11 is 0. The normalized spacial score (nSPS) is 23.9. The van der Waals surface area contributed by atoms with Gasteiger partial charge in [-0.3, -0.25) is 10.1 Å². The molecular weight excluding hydrogens is 214 g/mol. The summed E-state index contributed by atoms with van der Waals surface area (Å²) in [7, 11) is 0. The fourth-order valence-electron chi connectivity index (χ4n) is 2.27. The Labute approximate surface area is 101 Å². The van der Waals surface area contributed by atoms with Crippen LogP contribution in [0.2, 0.25) is 0 Å². The van der Waals surface area contributed by atoms with Crippen molar-refractivity contribution in [2.45, 2.75) is 25.7 Å². The van der Waals surface area contributed by atoms with E-state index in [1.165, 1.54) is 24.0 Å². The third-order valence-corrected chi connectivity index (χ3v) is 3.71. The van der Waals surface area contributed by atoms with Gasteiger partial charge in [0, 0.05) is 17.7 Å². The van der Waals surface area contributed by atoms with Crippen LogP contribution in [-0.2, 0) is 0 Å². The monoisotopic (exact) mass is 229 g/mol. The lowest BCUT2D eigenvalue weighted by Gasteiger charge is -2.46. The van der Waals surface area contributed by atoms with Gasteiger partial charge in [-0.15, -0.1) is 6.42 Å². The van der Waals surface area contributed by atoms with Gasteiger partial charge in [0.05, 0.1) is 4.92 Å². The maximum absolute atomic E-state index is 10.2. The number of nitro groups is 1. The van der Waals surface area contributed by atoms with Crippen molar-refractivity contribution in [2.75, 3.05) is 0 Å². The van der Waals surface area contributed by atoms with Gasteiger partial charge in [-0.2, -0.15) is 0 Å². The topological polar surface area (TPSA) is 43.1 Å². The Kier molecular flexibility index (Phi) is 3.43. The molecule has 0 spiro atoms. The quantitative estimate of drug-likeness (QED) is 0.421. The number of hydrogen-bond acceptors (Lipinski definition) is 2. The predicted molar refractivity (Wildman–Crippen MR) is 66.5 cm³/mol. The molecule has 0 saturated heterocycles. The van der Waals surface area contributed by atoms with Crippen LogP contribution in [0, 0.1) is 34.3 Å². The second-order valence-corrected chi connectivity index (χ2v) is 4.63. The minimum absolute atomic E-state index is 0.0282. The molecule has 0 amide bonds. The van der Waals surface area contributed by atoms with Crippen molar-refractivity contribution >= 4 is 5.69 Å². The number of fused-ring (bicyclic) bond motifs is 1. The lowest BCUT2D eigenvalue weighted by Crippen LogP contribution is -2.34. The zero-order chi connectivity index (χ0) is 12.3. The van der Waals surface area contributed by atoms with Crippen LogP contribution >= 0.6 is 0 Å². The Morgan fingerprint density at radius 2 is 1.82 bits per heavy atom. The average Bonchev–Trinajstić information content (AvgIpc) is 2.34. The molecule has 3 heteroatoms. The first-order valence-corrected chi connectivity index (χ1v) is 5.92. The molecule has 2 aliphatic rings. The maximum Gasteiger partial charge on any atom is 0.270 e. The minimum Gasteiger partial charge on any atom is -0.258 e. The Hall–Kier alpha value is -1.82. The number of benzene rings is 1. The van der Waals surface area contributed by atoms with Gasteiger partial charge in [0.25, 0.3) is 5.69 Å². The van der Waals surface area contributed by atoms with Gasteiger partial charge in [0.15, 0.2) is 0 Å². The van der Waals surface area contributed by atoms with Gasteiger partial charge in [0.2, 0.25) is 0 Å². The highest BCUT2D eigenvalue weighted by molar-refractivity contribution is 5.41. The Morgan fingerprint density at radius 1 is 1.24 bits per heavy atom. The van der Waals surface area contributed by atoms with Gasteiger partial charge in [-0.25, -0.2) is 0 Å². The third-order valence-electron chi connectivity index (χ3n) is 3.71. The van der Waals surface area contributed by atoms with Crippen molar-refractivity contribution in [2.24, 2.45) is 11.8 Å². The summed E-state index contributed by atoms with van der Waals surface area (Å²) in [6.07, 6.45) is 11.3. The number of non-ortho nitro benzene ring substituents is 1. The Bertz CT molecular complexity index is 444. The molecular formula is C14H15NO2. The molecule has 0 unspecified atom stereocenters. The predicted octanol–water partition coefficient (Wildman–Crippen LogP) is 3.38. The summed E-state index contributed by atoms with van der Waals surface area (Å²) in [6.45, 7) is 0. The van der Waals surface area contributed by atoms with E-state index in [2.05, 4.69) is 5.92 Å². The van der Waals surface area contributed by atoms with Crippen molar-refractivity contribution in [3.63, 3.8) is 0 Å². The molecule has 0 radical (unpaired) electrons. The molecule has 1 aromatic carbocycles. The standard InChI is InChI=1S/C8H5NO2.C6H10/c1-2-7-4-3-5-8(6-7)9(10)11;1-2-6-4-3-5(1)6/h1,3-6H;5-6H,1-4H2. The highest BCUT2D eigenvalue weighted by Gasteiger charge is 2.37.